The number of aromatic nitrogens is 4. The quantitative estimate of drug-likeness (QED) is 0.428. The van der Waals surface area contributed by atoms with Crippen molar-refractivity contribution >= 4 is 17.7 Å². The van der Waals surface area contributed by atoms with Crippen LogP contribution in [0.15, 0.2) is 84.3 Å². The first kappa shape index (κ1) is 20.8. The summed E-state index contributed by atoms with van der Waals surface area (Å²) in [6.07, 6.45) is 3.48. The third-order valence-corrected chi connectivity index (χ3v) is 6.15. The van der Waals surface area contributed by atoms with Gasteiger partial charge in [0.05, 0.1) is 5.69 Å². The minimum absolute atomic E-state index is 0.291. The zero-order valence-electron chi connectivity index (χ0n) is 17.3. The van der Waals surface area contributed by atoms with Crippen molar-refractivity contribution in [3.05, 3.63) is 90.3 Å². The maximum absolute atomic E-state index is 12.3. The van der Waals surface area contributed by atoms with E-state index in [9.17, 15) is 4.79 Å². The van der Waals surface area contributed by atoms with Crippen LogP contribution in [0.2, 0.25) is 0 Å². The number of para-hydroxylation sites is 1. The van der Waals surface area contributed by atoms with Crippen LogP contribution in [0.25, 0.3) is 17.1 Å². The molecule has 2 aromatic heterocycles. The van der Waals surface area contributed by atoms with Crippen LogP contribution in [0.4, 0.5) is 0 Å². The Morgan fingerprint density at radius 1 is 0.968 bits per heavy atom. The highest BCUT2D eigenvalue weighted by molar-refractivity contribution is 8.00. The fraction of sp³-hybridized carbons (Fsp3) is 0.167. The monoisotopic (exact) mass is 429 g/mol. The second-order valence-electron chi connectivity index (χ2n) is 7.41. The number of nitrogens with zero attached hydrogens (tertiary/aromatic N) is 4. The molecule has 1 atom stereocenters. The lowest BCUT2D eigenvalue weighted by Crippen LogP contribution is -2.19. The van der Waals surface area contributed by atoms with Crippen LogP contribution in [-0.2, 0) is 4.79 Å². The van der Waals surface area contributed by atoms with Crippen molar-refractivity contribution in [3.8, 4) is 17.1 Å². The van der Waals surface area contributed by atoms with Gasteiger partial charge in [-0.1, -0.05) is 74.1 Å². The van der Waals surface area contributed by atoms with Crippen molar-refractivity contribution in [2.75, 3.05) is 0 Å². The largest absolute Gasteiger partial charge is 0.368 e. The van der Waals surface area contributed by atoms with Crippen LogP contribution in [-0.4, -0.2) is 25.7 Å². The van der Waals surface area contributed by atoms with E-state index in [-0.39, 0.29) is 0 Å². The Kier molecular flexibility index (Phi) is 6.13. The number of amides is 1. The molecular formula is C24H23N5OS. The molecule has 1 unspecified atom stereocenters. The van der Waals surface area contributed by atoms with Gasteiger partial charge in [0, 0.05) is 18.0 Å². The maximum atomic E-state index is 12.3. The molecule has 4 rings (SSSR count). The Morgan fingerprint density at radius 2 is 1.71 bits per heavy atom. The molecule has 0 saturated carbocycles. The van der Waals surface area contributed by atoms with Crippen molar-refractivity contribution in [2.45, 2.75) is 30.2 Å². The van der Waals surface area contributed by atoms with Gasteiger partial charge >= 0.3 is 0 Å². The number of carbonyl (C=O) groups excluding carboxylic acids is 1. The zero-order valence-corrected chi connectivity index (χ0v) is 18.2. The lowest BCUT2D eigenvalue weighted by Gasteiger charge is -2.18. The predicted octanol–water partition coefficient (Wildman–Crippen LogP) is 4.77. The molecule has 2 heterocycles. The second-order valence-corrected chi connectivity index (χ2v) is 8.48. The zero-order chi connectivity index (χ0) is 21.8. The van der Waals surface area contributed by atoms with Crippen LogP contribution in [0.3, 0.4) is 0 Å². The lowest BCUT2D eigenvalue weighted by atomic mass is 10.0. The fourth-order valence-electron chi connectivity index (χ4n) is 3.45. The van der Waals surface area contributed by atoms with Gasteiger partial charge in [-0.2, -0.15) is 0 Å². The molecular weight excluding hydrogens is 406 g/mol. The number of benzene rings is 2. The molecule has 2 N–H and O–H groups in total. The van der Waals surface area contributed by atoms with E-state index in [2.05, 4.69) is 35.1 Å². The third kappa shape index (κ3) is 4.36. The smallest absolute Gasteiger partial charge is 0.235 e. The summed E-state index contributed by atoms with van der Waals surface area (Å²) >= 11 is 1.30. The van der Waals surface area contributed by atoms with Gasteiger partial charge in [-0.15, -0.1) is 10.2 Å². The molecule has 0 bridgehead atoms. The van der Waals surface area contributed by atoms with Crippen LogP contribution in [0.5, 0.6) is 0 Å². The van der Waals surface area contributed by atoms with E-state index >= 15 is 0 Å². The molecule has 0 spiro atoms. The second kappa shape index (κ2) is 9.14. The fourth-order valence-corrected chi connectivity index (χ4v) is 4.45. The van der Waals surface area contributed by atoms with Gasteiger partial charge in [-0.05, 0) is 35.2 Å². The number of hydrogen-bond donors (Lipinski definition) is 1. The van der Waals surface area contributed by atoms with E-state index in [1.807, 2.05) is 65.2 Å². The lowest BCUT2D eigenvalue weighted by molar-refractivity contribution is -0.117. The van der Waals surface area contributed by atoms with Crippen molar-refractivity contribution < 1.29 is 4.79 Å². The Balaban J connectivity index is 1.88. The third-order valence-electron chi connectivity index (χ3n) is 4.94. The number of thioether (sulfide) groups is 1. The molecule has 31 heavy (non-hydrogen) atoms. The molecule has 0 saturated heterocycles. The van der Waals surface area contributed by atoms with E-state index in [0.717, 1.165) is 22.4 Å². The van der Waals surface area contributed by atoms with Crippen LogP contribution in [0, 0.1) is 0 Å². The standard InChI is InChI=1S/C24H23N5OS/c1-16(2)19-12-6-7-13-20(19)29-23(18-11-8-14-26-15-18)27-28-24(29)31-21(22(25)30)17-9-4-3-5-10-17/h3-16,21H,1-2H3,(H2,25,30). The molecule has 0 aliphatic carbocycles. The first-order valence-electron chi connectivity index (χ1n) is 10.0. The van der Waals surface area contributed by atoms with Crippen LogP contribution in [0.1, 0.15) is 36.1 Å². The summed E-state index contributed by atoms with van der Waals surface area (Å²) in [4.78, 5) is 16.6. The van der Waals surface area contributed by atoms with E-state index in [4.69, 9.17) is 5.73 Å². The number of rotatable bonds is 7. The summed E-state index contributed by atoms with van der Waals surface area (Å²) in [6, 6.07) is 21.5. The van der Waals surface area contributed by atoms with Gasteiger partial charge in [0.2, 0.25) is 5.91 Å². The van der Waals surface area contributed by atoms with E-state index in [1.54, 1.807) is 12.4 Å². The van der Waals surface area contributed by atoms with Gasteiger partial charge in [-0.25, -0.2) is 0 Å². The Bertz CT molecular complexity index is 1180. The number of nitrogens with two attached hydrogens (primary N) is 1. The Labute approximate surface area is 185 Å². The summed E-state index contributed by atoms with van der Waals surface area (Å²) in [6.45, 7) is 4.30. The van der Waals surface area contributed by atoms with E-state index in [1.165, 1.54) is 11.8 Å². The number of pyridine rings is 1. The van der Waals surface area contributed by atoms with Crippen LogP contribution >= 0.6 is 11.8 Å². The average Bonchev–Trinajstić information content (AvgIpc) is 3.22. The minimum atomic E-state index is -0.586. The summed E-state index contributed by atoms with van der Waals surface area (Å²) in [5.74, 6) is 0.532. The Morgan fingerprint density at radius 3 is 2.39 bits per heavy atom. The summed E-state index contributed by atoms with van der Waals surface area (Å²) in [7, 11) is 0. The molecule has 2 aromatic carbocycles. The topological polar surface area (TPSA) is 86.7 Å². The van der Waals surface area contributed by atoms with Gasteiger partial charge in [0.25, 0.3) is 0 Å². The van der Waals surface area contributed by atoms with Gasteiger partial charge < -0.3 is 5.73 Å². The van der Waals surface area contributed by atoms with E-state index in [0.29, 0.717) is 16.9 Å². The summed E-state index contributed by atoms with van der Waals surface area (Å²) in [5.41, 5.74) is 9.58. The van der Waals surface area contributed by atoms with Crippen LogP contribution < -0.4 is 5.73 Å². The minimum Gasteiger partial charge on any atom is -0.368 e. The van der Waals surface area contributed by atoms with Crippen molar-refractivity contribution in [1.29, 1.82) is 0 Å². The van der Waals surface area contributed by atoms with Crippen molar-refractivity contribution in [1.82, 2.24) is 19.7 Å². The van der Waals surface area contributed by atoms with Crippen molar-refractivity contribution in [2.24, 2.45) is 5.73 Å². The molecule has 1 amide bonds. The molecule has 7 heteroatoms. The first-order chi connectivity index (χ1) is 15.1. The normalized spacial score (nSPS) is 12.1. The molecule has 4 aromatic rings. The molecule has 6 nitrogen and oxygen atoms in total. The number of hydrogen-bond acceptors (Lipinski definition) is 5. The summed E-state index contributed by atoms with van der Waals surface area (Å²) in [5, 5.41) is 8.94. The molecule has 0 fully saturated rings. The number of primary amides is 1. The van der Waals surface area contributed by atoms with Crippen molar-refractivity contribution in [3.63, 3.8) is 0 Å². The maximum Gasteiger partial charge on any atom is 0.235 e. The van der Waals surface area contributed by atoms with E-state index < -0.39 is 11.2 Å². The Hall–Kier alpha value is -3.45. The molecule has 0 radical (unpaired) electrons. The number of carbonyl (C=O) groups is 1. The summed E-state index contributed by atoms with van der Waals surface area (Å²) < 4.78 is 2.00. The average molecular weight is 430 g/mol. The molecule has 0 aliphatic heterocycles. The van der Waals surface area contributed by atoms with Gasteiger partial charge in [0.15, 0.2) is 11.0 Å². The highest BCUT2D eigenvalue weighted by atomic mass is 32.2. The molecule has 0 aliphatic rings. The SMILES string of the molecule is CC(C)c1ccccc1-n1c(SC(C(N)=O)c2ccccc2)nnc1-c1cccnc1. The highest BCUT2D eigenvalue weighted by Gasteiger charge is 2.26. The predicted molar refractivity (Wildman–Crippen MR) is 123 cm³/mol. The van der Waals surface area contributed by atoms with Gasteiger partial charge in [0.1, 0.15) is 5.25 Å². The highest BCUT2D eigenvalue weighted by Crippen LogP contribution is 2.38. The van der Waals surface area contributed by atoms with Gasteiger partial charge in [-0.3, -0.25) is 14.3 Å². The first-order valence-corrected chi connectivity index (χ1v) is 10.9. The molecule has 156 valence electrons.